The monoisotopic (exact) mass is 438 g/mol. The molecule has 0 unspecified atom stereocenters. The van der Waals surface area contributed by atoms with Gasteiger partial charge in [0.2, 0.25) is 5.91 Å². The predicted molar refractivity (Wildman–Crippen MR) is 113 cm³/mol. The van der Waals surface area contributed by atoms with E-state index in [2.05, 4.69) is 27.0 Å². The molecule has 0 fully saturated rings. The fraction of sp³-hybridized carbons (Fsp3) is 0.190. The first-order valence-electron chi connectivity index (χ1n) is 8.53. The highest BCUT2D eigenvalue weighted by Gasteiger charge is 2.19. The number of fused-ring (bicyclic) bond motifs is 1. The maximum Gasteiger partial charge on any atom is 0.245 e. The minimum Gasteiger partial charge on any atom is -0.496 e. The maximum atomic E-state index is 13.0. The summed E-state index contributed by atoms with van der Waals surface area (Å²) in [6.45, 7) is 0.224. The lowest BCUT2D eigenvalue weighted by atomic mass is 10.1. The lowest BCUT2D eigenvalue weighted by Gasteiger charge is -2.13. The van der Waals surface area contributed by atoms with Crippen LogP contribution >= 0.6 is 15.9 Å². The van der Waals surface area contributed by atoms with Crippen LogP contribution in [0.3, 0.4) is 0 Å². The molecule has 2 heterocycles. The van der Waals surface area contributed by atoms with Crippen LogP contribution in [0.1, 0.15) is 16.1 Å². The Hall–Kier alpha value is -2.95. The van der Waals surface area contributed by atoms with Gasteiger partial charge in [-0.3, -0.25) is 14.3 Å². The summed E-state index contributed by atoms with van der Waals surface area (Å²) in [7, 11) is 5.23. The van der Waals surface area contributed by atoms with E-state index in [4.69, 9.17) is 4.74 Å². The van der Waals surface area contributed by atoms with E-state index in [1.165, 1.54) is 0 Å². The van der Waals surface area contributed by atoms with Gasteiger partial charge in [0.25, 0.3) is 0 Å². The number of hydrogen-bond acceptors (Lipinski definition) is 5. The third-order valence-electron chi connectivity index (χ3n) is 4.19. The molecule has 6 nitrogen and oxygen atoms in total. The molecule has 0 atom stereocenters. The normalized spacial score (nSPS) is 11.6. The number of methoxy groups -OCH3 is 1. The Morgan fingerprint density at radius 3 is 2.82 bits per heavy atom. The maximum absolute atomic E-state index is 13.0. The van der Waals surface area contributed by atoms with E-state index >= 15 is 0 Å². The molecule has 0 aliphatic carbocycles. The summed E-state index contributed by atoms with van der Waals surface area (Å²) < 4.78 is 7.85. The fourth-order valence-electron chi connectivity index (χ4n) is 3.00. The zero-order chi connectivity index (χ0) is 20.3. The number of ether oxygens (including phenoxy) is 1. The Morgan fingerprint density at radius 1 is 1.36 bits per heavy atom. The smallest absolute Gasteiger partial charge is 0.245 e. The average molecular weight is 439 g/mol. The van der Waals surface area contributed by atoms with E-state index in [9.17, 15) is 10.1 Å². The van der Waals surface area contributed by atoms with Crippen LogP contribution in [-0.4, -0.2) is 48.1 Å². The molecule has 0 aliphatic heterocycles. The van der Waals surface area contributed by atoms with E-state index in [1.54, 1.807) is 41.1 Å². The highest BCUT2D eigenvalue weighted by Crippen LogP contribution is 2.30. The van der Waals surface area contributed by atoms with Crippen LogP contribution in [0, 0.1) is 11.3 Å². The molecule has 3 rings (SSSR count). The van der Waals surface area contributed by atoms with E-state index in [-0.39, 0.29) is 12.5 Å². The summed E-state index contributed by atoms with van der Waals surface area (Å²) in [6, 6.07) is 11.5. The highest BCUT2D eigenvalue weighted by molar-refractivity contribution is 9.10. The second-order valence-corrected chi connectivity index (χ2v) is 7.40. The summed E-state index contributed by atoms with van der Waals surface area (Å²) in [5.74, 6) is 0.490. The number of nitriles is 1. The number of halogens is 1. The van der Waals surface area contributed by atoms with Crippen LogP contribution < -0.4 is 4.74 Å². The lowest BCUT2D eigenvalue weighted by Crippen LogP contribution is -2.27. The first kappa shape index (κ1) is 19.8. The number of nitrogens with zero attached hydrogens (tertiary/aromatic N) is 4. The van der Waals surface area contributed by atoms with Crippen LogP contribution in [-0.2, 0) is 0 Å². The Labute approximate surface area is 171 Å². The predicted octanol–water partition coefficient (Wildman–Crippen LogP) is 4.07. The van der Waals surface area contributed by atoms with Crippen LogP contribution in [0.2, 0.25) is 0 Å². The molecule has 7 heteroatoms. The van der Waals surface area contributed by atoms with Crippen LogP contribution in [0.5, 0.6) is 5.75 Å². The summed E-state index contributed by atoms with van der Waals surface area (Å²) in [4.78, 5) is 18.9. The minimum atomic E-state index is -0.114. The molecular formula is C21H19BrN4O2. The standard InChI is InChI=1S/C21H19BrN4O2/c1-25(2)13-21(27)26-18-5-4-17(22)9-14(18)10-19(26)15(11-23)8-16-12-24-7-6-20(16)28-3/h4-10,12H,13H2,1-3H3. The van der Waals surface area contributed by atoms with Gasteiger partial charge in [-0.2, -0.15) is 5.26 Å². The molecule has 142 valence electrons. The molecule has 2 aromatic heterocycles. The van der Waals surface area contributed by atoms with Crippen molar-refractivity contribution in [1.82, 2.24) is 14.5 Å². The summed E-state index contributed by atoms with van der Waals surface area (Å²) in [5, 5.41) is 10.7. The molecule has 28 heavy (non-hydrogen) atoms. The van der Waals surface area contributed by atoms with E-state index < -0.39 is 0 Å². The van der Waals surface area contributed by atoms with Crippen molar-refractivity contribution in [3.8, 4) is 11.8 Å². The highest BCUT2D eigenvalue weighted by atomic mass is 79.9. The first-order valence-corrected chi connectivity index (χ1v) is 9.33. The summed E-state index contributed by atoms with van der Waals surface area (Å²) in [5.41, 5.74) is 2.31. The molecule has 0 spiro atoms. The molecule has 0 amide bonds. The number of carbonyl (C=O) groups excluding carboxylic acids is 1. The van der Waals surface area contributed by atoms with Crippen molar-refractivity contribution in [3.05, 3.63) is 58.5 Å². The van der Waals surface area contributed by atoms with E-state index in [0.717, 1.165) is 15.4 Å². The first-order chi connectivity index (χ1) is 13.4. The van der Waals surface area contributed by atoms with Gasteiger partial charge in [0.15, 0.2) is 0 Å². The van der Waals surface area contributed by atoms with Gasteiger partial charge in [-0.25, -0.2) is 0 Å². The molecular weight excluding hydrogens is 420 g/mol. The Morgan fingerprint density at radius 2 is 2.14 bits per heavy atom. The fourth-order valence-corrected chi connectivity index (χ4v) is 3.38. The van der Waals surface area contributed by atoms with Crippen molar-refractivity contribution in [2.45, 2.75) is 0 Å². The molecule has 0 aliphatic rings. The molecule has 0 saturated carbocycles. The van der Waals surface area contributed by atoms with Crippen molar-refractivity contribution in [1.29, 1.82) is 5.26 Å². The van der Waals surface area contributed by atoms with Gasteiger partial charge in [-0.1, -0.05) is 15.9 Å². The molecule has 0 bridgehead atoms. The summed E-state index contributed by atoms with van der Waals surface area (Å²) >= 11 is 3.46. The van der Waals surface area contributed by atoms with Crippen LogP contribution in [0.15, 0.2) is 47.2 Å². The van der Waals surface area contributed by atoms with Crippen LogP contribution in [0.25, 0.3) is 22.6 Å². The SMILES string of the molecule is COc1ccncc1C=C(C#N)c1cc2cc(Br)ccc2n1C(=O)CN(C)C. The second kappa shape index (κ2) is 8.38. The van der Waals surface area contributed by atoms with Crippen molar-refractivity contribution in [3.63, 3.8) is 0 Å². The van der Waals surface area contributed by atoms with Gasteiger partial charge in [0.05, 0.1) is 30.4 Å². The van der Waals surface area contributed by atoms with Gasteiger partial charge in [-0.05, 0) is 50.5 Å². The van der Waals surface area contributed by atoms with Gasteiger partial charge in [0, 0.05) is 27.8 Å². The van der Waals surface area contributed by atoms with E-state index in [0.29, 0.717) is 22.6 Å². The number of likely N-dealkylation sites (N-methyl/N-ethyl adjacent to an activating group) is 1. The Bertz CT molecular complexity index is 1110. The number of pyridine rings is 1. The van der Waals surface area contributed by atoms with Crippen molar-refractivity contribution in [2.75, 3.05) is 27.7 Å². The number of carbonyl (C=O) groups is 1. The van der Waals surface area contributed by atoms with Crippen molar-refractivity contribution < 1.29 is 9.53 Å². The largest absolute Gasteiger partial charge is 0.496 e. The molecule has 3 aromatic rings. The van der Waals surface area contributed by atoms with Crippen molar-refractivity contribution >= 4 is 44.4 Å². The third-order valence-corrected chi connectivity index (χ3v) is 4.68. The lowest BCUT2D eigenvalue weighted by molar-refractivity contribution is 0.0881. The molecule has 0 N–H and O–H groups in total. The summed E-state index contributed by atoms with van der Waals surface area (Å²) in [6.07, 6.45) is 4.94. The van der Waals surface area contributed by atoms with Crippen molar-refractivity contribution in [2.24, 2.45) is 0 Å². The van der Waals surface area contributed by atoms with Gasteiger partial charge in [0.1, 0.15) is 11.8 Å². The Kier molecular flexibility index (Phi) is 5.93. The number of allylic oxidation sites excluding steroid dienone is 1. The Balaban J connectivity index is 2.24. The molecule has 0 radical (unpaired) electrons. The second-order valence-electron chi connectivity index (χ2n) is 6.49. The topological polar surface area (TPSA) is 71.1 Å². The van der Waals surface area contributed by atoms with E-state index in [1.807, 2.05) is 38.4 Å². The van der Waals surface area contributed by atoms with Crippen LogP contribution in [0.4, 0.5) is 0 Å². The van der Waals surface area contributed by atoms with Gasteiger partial charge in [-0.15, -0.1) is 0 Å². The third kappa shape index (κ3) is 3.98. The molecule has 0 saturated heterocycles. The zero-order valence-electron chi connectivity index (χ0n) is 15.8. The average Bonchev–Trinajstić information content (AvgIpc) is 3.04. The molecule has 1 aromatic carbocycles. The quantitative estimate of drug-likeness (QED) is 0.561. The number of benzene rings is 1. The van der Waals surface area contributed by atoms with Gasteiger partial charge >= 0.3 is 0 Å². The number of hydrogen-bond donors (Lipinski definition) is 0. The van der Waals surface area contributed by atoms with Gasteiger partial charge < -0.3 is 9.64 Å². The minimum absolute atomic E-state index is 0.114. The number of aromatic nitrogens is 2. The number of rotatable bonds is 5. The zero-order valence-corrected chi connectivity index (χ0v) is 17.4.